The van der Waals surface area contributed by atoms with Gasteiger partial charge in [-0.25, -0.2) is 4.98 Å². The van der Waals surface area contributed by atoms with Crippen molar-refractivity contribution in [3.05, 3.63) is 77.4 Å². The molecule has 1 unspecified atom stereocenters. The molecule has 0 amide bonds. The first-order valence-electron chi connectivity index (χ1n) is 7.43. The number of nitrogens with zero attached hydrogens (tertiary/aromatic N) is 3. The van der Waals surface area contributed by atoms with Crippen LogP contribution in [-0.2, 0) is 7.05 Å². The van der Waals surface area contributed by atoms with Crippen LogP contribution in [0.25, 0.3) is 11.1 Å². The fraction of sp³-hybridized carbons (Fsp3) is 0.158. The molecule has 0 saturated heterocycles. The molecule has 0 aliphatic heterocycles. The summed E-state index contributed by atoms with van der Waals surface area (Å²) in [6.07, 6.45) is 3.51. The largest absolute Gasteiger partial charge is 0.336 e. The molecule has 0 radical (unpaired) electrons. The van der Waals surface area contributed by atoms with Crippen molar-refractivity contribution in [2.24, 2.45) is 12.8 Å². The highest BCUT2D eigenvalue weighted by Gasteiger charge is 2.15. The van der Waals surface area contributed by atoms with Crippen molar-refractivity contribution in [2.45, 2.75) is 13.0 Å². The van der Waals surface area contributed by atoms with Crippen molar-refractivity contribution in [3.63, 3.8) is 0 Å². The van der Waals surface area contributed by atoms with Gasteiger partial charge in [0, 0.05) is 12.6 Å². The van der Waals surface area contributed by atoms with E-state index in [1.165, 1.54) is 0 Å². The highest BCUT2D eigenvalue weighted by molar-refractivity contribution is 5.74. The van der Waals surface area contributed by atoms with Crippen LogP contribution in [0.5, 0.6) is 0 Å². The Kier molecular flexibility index (Phi) is 3.96. The van der Waals surface area contributed by atoms with Gasteiger partial charge in [-0.1, -0.05) is 30.3 Å². The van der Waals surface area contributed by atoms with E-state index in [4.69, 9.17) is 5.73 Å². The summed E-state index contributed by atoms with van der Waals surface area (Å²) in [6.45, 7) is 2.05. The standard InChI is InChI=1S/C19H18N4/c1-13-5-3-4-6-16(13)17-9-14(7-8-15(17)10-20)19(21)18-11-22-12-23(18)2/h3-9,11-12,19H,21H2,1-2H3. The van der Waals surface area contributed by atoms with Gasteiger partial charge in [0.1, 0.15) is 0 Å². The summed E-state index contributed by atoms with van der Waals surface area (Å²) in [4.78, 5) is 4.13. The van der Waals surface area contributed by atoms with Crippen molar-refractivity contribution in [1.82, 2.24) is 9.55 Å². The molecule has 2 N–H and O–H groups in total. The van der Waals surface area contributed by atoms with Crippen LogP contribution >= 0.6 is 0 Å². The number of hydrogen-bond donors (Lipinski definition) is 1. The normalized spacial score (nSPS) is 11.9. The van der Waals surface area contributed by atoms with E-state index in [0.29, 0.717) is 5.56 Å². The molecule has 114 valence electrons. The lowest BCUT2D eigenvalue weighted by atomic mass is 9.92. The van der Waals surface area contributed by atoms with Gasteiger partial charge in [-0.15, -0.1) is 0 Å². The monoisotopic (exact) mass is 302 g/mol. The van der Waals surface area contributed by atoms with E-state index in [-0.39, 0.29) is 6.04 Å². The lowest BCUT2D eigenvalue weighted by Crippen LogP contribution is -2.15. The topological polar surface area (TPSA) is 67.6 Å². The predicted molar refractivity (Wildman–Crippen MR) is 90.6 cm³/mol. The van der Waals surface area contributed by atoms with Gasteiger partial charge in [0.15, 0.2) is 0 Å². The summed E-state index contributed by atoms with van der Waals surface area (Å²) in [5.41, 5.74) is 12.1. The second-order valence-electron chi connectivity index (χ2n) is 5.64. The average Bonchev–Trinajstić information content (AvgIpc) is 3.00. The molecule has 3 rings (SSSR count). The Bertz CT molecular complexity index is 886. The van der Waals surface area contributed by atoms with Gasteiger partial charge in [0.05, 0.1) is 35.9 Å². The van der Waals surface area contributed by atoms with Crippen LogP contribution in [-0.4, -0.2) is 9.55 Å². The Morgan fingerprint density at radius 3 is 2.61 bits per heavy atom. The van der Waals surface area contributed by atoms with E-state index in [0.717, 1.165) is 27.9 Å². The molecule has 3 aromatic rings. The quantitative estimate of drug-likeness (QED) is 0.807. The number of hydrogen-bond acceptors (Lipinski definition) is 3. The van der Waals surface area contributed by atoms with E-state index < -0.39 is 0 Å². The van der Waals surface area contributed by atoms with Crippen LogP contribution in [0.4, 0.5) is 0 Å². The van der Waals surface area contributed by atoms with Gasteiger partial charge in [0.25, 0.3) is 0 Å². The number of rotatable bonds is 3. The second-order valence-corrected chi connectivity index (χ2v) is 5.64. The molecule has 23 heavy (non-hydrogen) atoms. The van der Waals surface area contributed by atoms with Crippen molar-refractivity contribution in [3.8, 4) is 17.2 Å². The molecule has 2 aromatic carbocycles. The van der Waals surface area contributed by atoms with E-state index in [1.807, 2.05) is 61.0 Å². The number of nitriles is 1. The third-order valence-electron chi connectivity index (χ3n) is 4.13. The smallest absolute Gasteiger partial charge is 0.0998 e. The van der Waals surface area contributed by atoms with Gasteiger partial charge >= 0.3 is 0 Å². The van der Waals surface area contributed by atoms with Gasteiger partial charge in [0.2, 0.25) is 0 Å². The Labute approximate surface area is 135 Å². The van der Waals surface area contributed by atoms with Crippen LogP contribution in [0.3, 0.4) is 0 Å². The summed E-state index contributed by atoms with van der Waals surface area (Å²) in [5, 5.41) is 9.43. The highest BCUT2D eigenvalue weighted by atomic mass is 15.0. The first-order valence-corrected chi connectivity index (χ1v) is 7.43. The molecule has 0 aliphatic rings. The zero-order chi connectivity index (χ0) is 16.4. The lowest BCUT2D eigenvalue weighted by Gasteiger charge is -2.16. The molecule has 4 nitrogen and oxygen atoms in total. The minimum Gasteiger partial charge on any atom is -0.336 e. The molecule has 4 heteroatoms. The van der Waals surface area contributed by atoms with Crippen molar-refractivity contribution >= 4 is 0 Å². The van der Waals surface area contributed by atoms with Gasteiger partial charge in [-0.3, -0.25) is 0 Å². The van der Waals surface area contributed by atoms with Crippen molar-refractivity contribution in [2.75, 3.05) is 0 Å². The van der Waals surface area contributed by atoms with E-state index in [9.17, 15) is 5.26 Å². The van der Waals surface area contributed by atoms with Gasteiger partial charge in [-0.05, 0) is 35.7 Å². The molecule has 0 saturated carbocycles. The van der Waals surface area contributed by atoms with Crippen molar-refractivity contribution < 1.29 is 0 Å². The summed E-state index contributed by atoms with van der Waals surface area (Å²) in [5.74, 6) is 0. The van der Waals surface area contributed by atoms with Crippen molar-refractivity contribution in [1.29, 1.82) is 5.26 Å². The average molecular weight is 302 g/mol. The first-order chi connectivity index (χ1) is 11.1. The molecule has 0 spiro atoms. The molecule has 1 aromatic heterocycles. The minimum absolute atomic E-state index is 0.280. The predicted octanol–water partition coefficient (Wildman–Crippen LogP) is 3.32. The third-order valence-corrected chi connectivity index (χ3v) is 4.13. The molecule has 1 atom stereocenters. The van der Waals surface area contributed by atoms with Crippen LogP contribution in [0.1, 0.15) is 28.4 Å². The number of nitrogens with two attached hydrogens (primary N) is 1. The van der Waals surface area contributed by atoms with Crippen LogP contribution < -0.4 is 5.73 Å². The van der Waals surface area contributed by atoms with Gasteiger partial charge in [-0.2, -0.15) is 5.26 Å². The van der Waals surface area contributed by atoms with E-state index in [1.54, 1.807) is 12.5 Å². The van der Waals surface area contributed by atoms with Crippen LogP contribution in [0.15, 0.2) is 55.0 Å². The number of aryl methyl sites for hydroxylation is 2. The first kappa shape index (κ1) is 15.0. The molecular weight excluding hydrogens is 284 g/mol. The fourth-order valence-electron chi connectivity index (χ4n) is 2.79. The number of benzene rings is 2. The molecule has 0 fully saturated rings. The molecular formula is C19H18N4. The molecule has 0 bridgehead atoms. The molecule has 1 heterocycles. The van der Waals surface area contributed by atoms with Crippen LogP contribution in [0.2, 0.25) is 0 Å². The fourth-order valence-corrected chi connectivity index (χ4v) is 2.79. The van der Waals surface area contributed by atoms with E-state index in [2.05, 4.69) is 11.1 Å². The summed E-state index contributed by atoms with van der Waals surface area (Å²) in [7, 11) is 1.92. The molecule has 0 aliphatic carbocycles. The summed E-state index contributed by atoms with van der Waals surface area (Å²) >= 11 is 0. The third kappa shape index (κ3) is 2.75. The van der Waals surface area contributed by atoms with Crippen LogP contribution in [0, 0.1) is 18.3 Å². The van der Waals surface area contributed by atoms with E-state index >= 15 is 0 Å². The Morgan fingerprint density at radius 1 is 1.17 bits per heavy atom. The Morgan fingerprint density at radius 2 is 1.96 bits per heavy atom. The maximum Gasteiger partial charge on any atom is 0.0998 e. The Hall–Kier alpha value is -2.90. The number of imidazole rings is 1. The maximum atomic E-state index is 9.43. The second kappa shape index (κ2) is 6.07. The Balaban J connectivity index is 2.13. The summed E-state index contributed by atoms with van der Waals surface area (Å²) in [6, 6.07) is 15.8. The summed E-state index contributed by atoms with van der Waals surface area (Å²) < 4.78 is 1.91. The van der Waals surface area contributed by atoms with Gasteiger partial charge < -0.3 is 10.3 Å². The highest BCUT2D eigenvalue weighted by Crippen LogP contribution is 2.30. The number of aromatic nitrogens is 2. The minimum atomic E-state index is -0.280. The zero-order valence-corrected chi connectivity index (χ0v) is 13.2. The SMILES string of the molecule is Cc1ccccc1-c1cc(C(N)c2cncn2C)ccc1C#N. The lowest BCUT2D eigenvalue weighted by molar-refractivity contribution is 0.746. The zero-order valence-electron chi connectivity index (χ0n) is 13.2. The maximum absolute atomic E-state index is 9.43.